The first kappa shape index (κ1) is 14.9. The highest BCUT2D eigenvalue weighted by molar-refractivity contribution is 5.77. The molecular formula is C12H22O4. The summed E-state index contributed by atoms with van der Waals surface area (Å²) in [6, 6.07) is 0. The van der Waals surface area contributed by atoms with E-state index >= 15 is 0 Å². The van der Waals surface area contributed by atoms with Crippen LogP contribution >= 0.6 is 0 Å². The van der Waals surface area contributed by atoms with Crippen molar-refractivity contribution in [1.29, 1.82) is 0 Å². The van der Waals surface area contributed by atoms with E-state index in [9.17, 15) is 9.59 Å². The Labute approximate surface area is 96.7 Å². The highest BCUT2D eigenvalue weighted by atomic mass is 16.4. The summed E-state index contributed by atoms with van der Waals surface area (Å²) in [4.78, 5) is 21.7. The van der Waals surface area contributed by atoms with Crippen molar-refractivity contribution < 1.29 is 19.8 Å². The fourth-order valence-electron chi connectivity index (χ4n) is 2.10. The minimum atomic E-state index is -1.03. The van der Waals surface area contributed by atoms with Crippen LogP contribution in [0.3, 0.4) is 0 Å². The Bertz CT molecular complexity index is 235. The lowest BCUT2D eigenvalue weighted by Crippen LogP contribution is -2.27. The summed E-state index contributed by atoms with van der Waals surface area (Å²) in [5.74, 6) is -2.40. The largest absolute Gasteiger partial charge is 0.481 e. The summed E-state index contributed by atoms with van der Waals surface area (Å²) < 4.78 is 0. The average molecular weight is 230 g/mol. The van der Waals surface area contributed by atoms with Crippen LogP contribution in [0.1, 0.15) is 46.5 Å². The van der Waals surface area contributed by atoms with Crippen molar-refractivity contribution >= 4 is 11.9 Å². The molecule has 94 valence electrons. The SMILES string of the molecule is CCCC(CC(C)C)C(CC(=O)O)C(=O)O. The van der Waals surface area contributed by atoms with E-state index in [1.165, 1.54) is 0 Å². The van der Waals surface area contributed by atoms with Gasteiger partial charge in [-0.2, -0.15) is 0 Å². The van der Waals surface area contributed by atoms with Crippen LogP contribution in [-0.2, 0) is 9.59 Å². The molecule has 0 saturated heterocycles. The molecule has 0 aromatic carbocycles. The average Bonchev–Trinajstić information content (AvgIpc) is 2.12. The van der Waals surface area contributed by atoms with E-state index in [0.717, 1.165) is 19.3 Å². The van der Waals surface area contributed by atoms with Crippen molar-refractivity contribution in [2.45, 2.75) is 46.5 Å². The predicted molar refractivity (Wildman–Crippen MR) is 61.2 cm³/mol. The summed E-state index contributed by atoms with van der Waals surface area (Å²) in [6.45, 7) is 6.05. The predicted octanol–water partition coefficient (Wildman–Crippen LogP) is 2.62. The molecule has 0 aliphatic carbocycles. The van der Waals surface area contributed by atoms with E-state index in [4.69, 9.17) is 10.2 Å². The van der Waals surface area contributed by atoms with Gasteiger partial charge in [-0.05, 0) is 24.7 Å². The molecule has 0 aromatic rings. The monoisotopic (exact) mass is 230 g/mol. The van der Waals surface area contributed by atoms with Gasteiger partial charge >= 0.3 is 11.9 Å². The second-order valence-corrected chi connectivity index (χ2v) is 4.72. The van der Waals surface area contributed by atoms with Crippen LogP contribution in [0.5, 0.6) is 0 Å². The molecule has 0 fully saturated rings. The Morgan fingerprint density at radius 1 is 1.19 bits per heavy atom. The van der Waals surface area contributed by atoms with Crippen molar-refractivity contribution in [3.8, 4) is 0 Å². The summed E-state index contributed by atoms with van der Waals surface area (Å²) in [5.41, 5.74) is 0. The molecule has 2 N–H and O–H groups in total. The van der Waals surface area contributed by atoms with Gasteiger partial charge in [0.05, 0.1) is 12.3 Å². The highest BCUT2D eigenvalue weighted by Gasteiger charge is 2.30. The normalized spacial score (nSPS) is 14.8. The summed E-state index contributed by atoms with van der Waals surface area (Å²) in [5, 5.41) is 17.8. The lowest BCUT2D eigenvalue weighted by Gasteiger charge is -2.24. The van der Waals surface area contributed by atoms with E-state index in [-0.39, 0.29) is 12.3 Å². The van der Waals surface area contributed by atoms with Gasteiger partial charge in [0.1, 0.15) is 0 Å². The Morgan fingerprint density at radius 2 is 1.75 bits per heavy atom. The van der Waals surface area contributed by atoms with Crippen LogP contribution in [0.4, 0.5) is 0 Å². The van der Waals surface area contributed by atoms with Crippen molar-refractivity contribution in [3.05, 3.63) is 0 Å². The van der Waals surface area contributed by atoms with E-state index in [1.807, 2.05) is 20.8 Å². The molecule has 0 heterocycles. The molecule has 0 amide bonds. The molecule has 16 heavy (non-hydrogen) atoms. The van der Waals surface area contributed by atoms with Gasteiger partial charge in [-0.15, -0.1) is 0 Å². The number of rotatable bonds is 8. The Morgan fingerprint density at radius 3 is 2.06 bits per heavy atom. The maximum atomic E-state index is 11.1. The minimum absolute atomic E-state index is 0.0291. The highest BCUT2D eigenvalue weighted by Crippen LogP contribution is 2.28. The van der Waals surface area contributed by atoms with Gasteiger partial charge in [0.15, 0.2) is 0 Å². The van der Waals surface area contributed by atoms with Crippen molar-refractivity contribution in [3.63, 3.8) is 0 Å². The molecule has 0 aliphatic rings. The molecule has 2 atom stereocenters. The Kier molecular flexibility index (Phi) is 6.77. The third-order valence-electron chi connectivity index (χ3n) is 2.71. The Balaban J connectivity index is 4.64. The fourth-order valence-corrected chi connectivity index (χ4v) is 2.10. The molecule has 0 saturated carbocycles. The molecule has 4 nitrogen and oxygen atoms in total. The number of carboxylic acid groups (broad SMARTS) is 2. The zero-order chi connectivity index (χ0) is 12.7. The van der Waals surface area contributed by atoms with Gasteiger partial charge in [0.25, 0.3) is 0 Å². The zero-order valence-electron chi connectivity index (χ0n) is 10.3. The van der Waals surface area contributed by atoms with E-state index in [1.54, 1.807) is 0 Å². The quantitative estimate of drug-likeness (QED) is 0.672. The maximum Gasteiger partial charge on any atom is 0.307 e. The van der Waals surface area contributed by atoms with E-state index < -0.39 is 17.9 Å². The number of hydrogen-bond donors (Lipinski definition) is 2. The van der Waals surface area contributed by atoms with Crippen LogP contribution in [0.25, 0.3) is 0 Å². The molecule has 0 radical (unpaired) electrons. The Hall–Kier alpha value is -1.06. The van der Waals surface area contributed by atoms with Crippen LogP contribution in [0.15, 0.2) is 0 Å². The lowest BCUT2D eigenvalue weighted by atomic mass is 9.81. The molecule has 4 heteroatoms. The minimum Gasteiger partial charge on any atom is -0.481 e. The molecule has 0 spiro atoms. The van der Waals surface area contributed by atoms with E-state index in [2.05, 4.69) is 0 Å². The number of carbonyl (C=O) groups is 2. The number of hydrogen-bond acceptors (Lipinski definition) is 2. The molecule has 0 aliphatic heterocycles. The second kappa shape index (κ2) is 7.25. The van der Waals surface area contributed by atoms with Gasteiger partial charge in [-0.3, -0.25) is 9.59 Å². The van der Waals surface area contributed by atoms with Crippen molar-refractivity contribution in [2.24, 2.45) is 17.8 Å². The molecule has 0 bridgehead atoms. The van der Waals surface area contributed by atoms with E-state index in [0.29, 0.717) is 5.92 Å². The first-order chi connectivity index (χ1) is 7.38. The summed E-state index contributed by atoms with van der Waals surface area (Å²) in [6.07, 6.45) is 2.17. The first-order valence-electron chi connectivity index (χ1n) is 5.83. The van der Waals surface area contributed by atoms with Gasteiger partial charge in [-0.25, -0.2) is 0 Å². The van der Waals surface area contributed by atoms with Crippen molar-refractivity contribution in [1.82, 2.24) is 0 Å². The summed E-state index contributed by atoms with van der Waals surface area (Å²) in [7, 11) is 0. The molecule has 2 unspecified atom stereocenters. The van der Waals surface area contributed by atoms with Gasteiger partial charge < -0.3 is 10.2 Å². The third kappa shape index (κ3) is 5.73. The molecule has 0 aromatic heterocycles. The number of aliphatic carboxylic acids is 2. The lowest BCUT2D eigenvalue weighted by molar-refractivity contribution is -0.150. The van der Waals surface area contributed by atoms with Crippen LogP contribution in [-0.4, -0.2) is 22.2 Å². The fraction of sp³-hybridized carbons (Fsp3) is 0.833. The van der Waals surface area contributed by atoms with Gasteiger partial charge in [-0.1, -0.05) is 27.2 Å². The molecular weight excluding hydrogens is 208 g/mol. The summed E-state index contributed by atoms with van der Waals surface area (Å²) >= 11 is 0. The number of carboxylic acids is 2. The third-order valence-corrected chi connectivity index (χ3v) is 2.71. The zero-order valence-corrected chi connectivity index (χ0v) is 10.3. The first-order valence-corrected chi connectivity index (χ1v) is 5.83. The topological polar surface area (TPSA) is 74.6 Å². The van der Waals surface area contributed by atoms with Crippen LogP contribution in [0.2, 0.25) is 0 Å². The second-order valence-electron chi connectivity index (χ2n) is 4.72. The standard InChI is InChI=1S/C12H22O4/c1-4-5-9(6-8(2)3)10(12(15)16)7-11(13)14/h8-10H,4-7H2,1-3H3,(H,13,14)(H,15,16). The van der Waals surface area contributed by atoms with Gasteiger partial charge in [0, 0.05) is 0 Å². The smallest absolute Gasteiger partial charge is 0.307 e. The van der Waals surface area contributed by atoms with Gasteiger partial charge in [0.2, 0.25) is 0 Å². The maximum absolute atomic E-state index is 11.1. The van der Waals surface area contributed by atoms with Crippen molar-refractivity contribution in [2.75, 3.05) is 0 Å². The van der Waals surface area contributed by atoms with Crippen LogP contribution in [0, 0.1) is 17.8 Å². The molecule has 0 rings (SSSR count). The van der Waals surface area contributed by atoms with Crippen LogP contribution < -0.4 is 0 Å².